The van der Waals surface area contributed by atoms with Crippen molar-refractivity contribution >= 4 is 11.6 Å². The first-order valence-corrected chi connectivity index (χ1v) is 6.19. The van der Waals surface area contributed by atoms with Gasteiger partial charge in [-0.3, -0.25) is 4.79 Å². The molecule has 1 aromatic carbocycles. The van der Waals surface area contributed by atoms with Gasteiger partial charge in [0.05, 0.1) is 6.04 Å². The average Bonchev–Trinajstić information content (AvgIpc) is 2.33. The quantitative estimate of drug-likeness (QED) is 0.868. The van der Waals surface area contributed by atoms with E-state index in [1.54, 1.807) is 0 Å². The summed E-state index contributed by atoms with van der Waals surface area (Å²) >= 11 is 0. The fourth-order valence-electron chi connectivity index (χ4n) is 2.22. The van der Waals surface area contributed by atoms with E-state index in [4.69, 9.17) is 0 Å². The summed E-state index contributed by atoms with van der Waals surface area (Å²) in [7, 11) is 0. The van der Waals surface area contributed by atoms with E-state index in [-0.39, 0.29) is 6.04 Å². The minimum atomic E-state index is -1.12. The van der Waals surface area contributed by atoms with E-state index in [1.165, 1.54) is 0 Å². The predicted molar refractivity (Wildman–Crippen MR) is 65.2 cm³/mol. The SMILES string of the molecule is CC1CCCC(C(=O)Nc2c(F)cc(F)cc2F)N1. The molecule has 2 rings (SSSR count). The van der Waals surface area contributed by atoms with Crippen LogP contribution in [-0.2, 0) is 4.79 Å². The van der Waals surface area contributed by atoms with Crippen LogP contribution in [0.15, 0.2) is 12.1 Å². The Morgan fingerprint density at radius 1 is 1.26 bits per heavy atom. The number of hydrogen-bond donors (Lipinski definition) is 2. The number of anilines is 1. The number of hydrogen-bond acceptors (Lipinski definition) is 2. The number of nitrogens with one attached hydrogen (secondary N) is 2. The zero-order valence-corrected chi connectivity index (χ0v) is 10.5. The fourth-order valence-corrected chi connectivity index (χ4v) is 2.22. The largest absolute Gasteiger partial charge is 0.320 e. The maximum Gasteiger partial charge on any atom is 0.241 e. The molecule has 2 unspecified atom stereocenters. The number of piperidine rings is 1. The van der Waals surface area contributed by atoms with Crippen molar-refractivity contribution in [3.05, 3.63) is 29.6 Å². The summed E-state index contributed by atoms with van der Waals surface area (Å²) in [4.78, 5) is 11.9. The van der Waals surface area contributed by atoms with E-state index in [1.807, 2.05) is 6.92 Å². The van der Waals surface area contributed by atoms with Crippen LogP contribution >= 0.6 is 0 Å². The van der Waals surface area contributed by atoms with E-state index < -0.39 is 35.1 Å². The Balaban J connectivity index is 2.10. The highest BCUT2D eigenvalue weighted by molar-refractivity contribution is 5.95. The first-order valence-electron chi connectivity index (χ1n) is 6.19. The van der Waals surface area contributed by atoms with E-state index >= 15 is 0 Å². The maximum atomic E-state index is 13.4. The summed E-state index contributed by atoms with van der Waals surface area (Å²) < 4.78 is 39.5. The van der Waals surface area contributed by atoms with Crippen molar-refractivity contribution in [1.82, 2.24) is 5.32 Å². The first kappa shape index (κ1) is 13.9. The van der Waals surface area contributed by atoms with E-state index in [0.717, 1.165) is 12.8 Å². The van der Waals surface area contributed by atoms with Crippen molar-refractivity contribution in [2.45, 2.75) is 38.3 Å². The molecule has 104 valence electrons. The molecule has 19 heavy (non-hydrogen) atoms. The lowest BCUT2D eigenvalue weighted by Crippen LogP contribution is -2.47. The molecule has 1 aliphatic heterocycles. The number of carbonyl (C=O) groups is 1. The third kappa shape index (κ3) is 3.26. The highest BCUT2D eigenvalue weighted by Gasteiger charge is 2.25. The van der Waals surface area contributed by atoms with E-state index in [2.05, 4.69) is 10.6 Å². The van der Waals surface area contributed by atoms with Gasteiger partial charge in [0.2, 0.25) is 5.91 Å². The molecule has 6 heteroatoms. The second-order valence-corrected chi connectivity index (χ2v) is 4.78. The highest BCUT2D eigenvalue weighted by atomic mass is 19.1. The van der Waals surface area contributed by atoms with Gasteiger partial charge in [-0.05, 0) is 26.2 Å². The van der Waals surface area contributed by atoms with Crippen LogP contribution in [0.25, 0.3) is 0 Å². The molecule has 2 N–H and O–H groups in total. The molecule has 1 saturated heterocycles. The van der Waals surface area contributed by atoms with Gasteiger partial charge in [-0.2, -0.15) is 0 Å². The van der Waals surface area contributed by atoms with Gasteiger partial charge >= 0.3 is 0 Å². The molecule has 0 spiro atoms. The van der Waals surface area contributed by atoms with Crippen molar-refractivity contribution in [2.75, 3.05) is 5.32 Å². The second kappa shape index (κ2) is 5.61. The number of benzene rings is 1. The summed E-state index contributed by atoms with van der Waals surface area (Å²) in [6.45, 7) is 1.94. The molecule has 1 aliphatic rings. The van der Waals surface area contributed by atoms with Crippen LogP contribution in [0.1, 0.15) is 26.2 Å². The summed E-state index contributed by atoms with van der Waals surface area (Å²) in [6, 6.07) is 0.783. The van der Waals surface area contributed by atoms with E-state index in [9.17, 15) is 18.0 Å². The lowest BCUT2D eigenvalue weighted by molar-refractivity contribution is -0.119. The van der Waals surface area contributed by atoms with Crippen molar-refractivity contribution < 1.29 is 18.0 Å². The maximum absolute atomic E-state index is 13.4. The molecule has 1 fully saturated rings. The lowest BCUT2D eigenvalue weighted by atomic mass is 9.99. The molecule has 0 aliphatic carbocycles. The Morgan fingerprint density at radius 2 is 1.89 bits per heavy atom. The molecule has 1 heterocycles. The molecule has 0 saturated carbocycles. The summed E-state index contributed by atoms with van der Waals surface area (Å²) in [5.41, 5.74) is -0.605. The lowest BCUT2D eigenvalue weighted by Gasteiger charge is -2.27. The van der Waals surface area contributed by atoms with Crippen LogP contribution < -0.4 is 10.6 Å². The molecular weight excluding hydrogens is 257 g/mol. The Bertz CT molecular complexity index is 470. The van der Waals surface area contributed by atoms with Crippen molar-refractivity contribution in [3.8, 4) is 0 Å². The highest BCUT2D eigenvalue weighted by Crippen LogP contribution is 2.21. The van der Waals surface area contributed by atoms with Crippen LogP contribution in [0, 0.1) is 17.5 Å². The van der Waals surface area contributed by atoms with Crippen LogP contribution in [0.3, 0.4) is 0 Å². The van der Waals surface area contributed by atoms with Gasteiger partial charge in [0.1, 0.15) is 11.5 Å². The number of rotatable bonds is 2. The van der Waals surface area contributed by atoms with Crippen LogP contribution in [-0.4, -0.2) is 18.0 Å². The van der Waals surface area contributed by atoms with Crippen LogP contribution in [0.2, 0.25) is 0 Å². The number of amides is 1. The zero-order valence-electron chi connectivity index (χ0n) is 10.5. The molecule has 1 aromatic rings. The predicted octanol–water partition coefficient (Wildman–Crippen LogP) is 2.57. The molecule has 0 aromatic heterocycles. The number of halogens is 3. The first-order chi connectivity index (χ1) is 8.97. The topological polar surface area (TPSA) is 41.1 Å². The Morgan fingerprint density at radius 3 is 2.47 bits per heavy atom. The monoisotopic (exact) mass is 272 g/mol. The summed E-state index contributed by atoms with van der Waals surface area (Å²) in [5.74, 6) is -3.75. The standard InChI is InChI=1S/C13H15F3N2O/c1-7-3-2-4-11(17-7)13(19)18-12-9(15)5-8(14)6-10(12)16/h5-7,11,17H,2-4H2,1H3,(H,18,19). The Kier molecular flexibility index (Phi) is 4.09. The molecule has 0 radical (unpaired) electrons. The van der Waals surface area contributed by atoms with Gasteiger partial charge in [0.25, 0.3) is 0 Å². The fraction of sp³-hybridized carbons (Fsp3) is 0.462. The third-order valence-electron chi connectivity index (χ3n) is 3.19. The second-order valence-electron chi connectivity index (χ2n) is 4.78. The van der Waals surface area contributed by atoms with Gasteiger partial charge in [-0.1, -0.05) is 0 Å². The zero-order chi connectivity index (χ0) is 14.0. The van der Waals surface area contributed by atoms with Gasteiger partial charge in [0.15, 0.2) is 11.6 Å². The molecular formula is C13H15F3N2O. The summed E-state index contributed by atoms with van der Waals surface area (Å²) in [6.07, 6.45) is 2.45. The van der Waals surface area contributed by atoms with Gasteiger partial charge in [-0.25, -0.2) is 13.2 Å². The van der Waals surface area contributed by atoms with Gasteiger partial charge in [-0.15, -0.1) is 0 Å². The molecule has 3 nitrogen and oxygen atoms in total. The molecule has 1 amide bonds. The molecule has 2 atom stereocenters. The van der Waals surface area contributed by atoms with Crippen molar-refractivity contribution in [2.24, 2.45) is 0 Å². The van der Waals surface area contributed by atoms with Crippen molar-refractivity contribution in [3.63, 3.8) is 0 Å². The minimum Gasteiger partial charge on any atom is -0.320 e. The van der Waals surface area contributed by atoms with Crippen LogP contribution in [0.4, 0.5) is 18.9 Å². The Hall–Kier alpha value is -1.56. The normalized spacial score (nSPS) is 23.2. The van der Waals surface area contributed by atoms with Gasteiger partial charge in [0, 0.05) is 18.2 Å². The minimum absolute atomic E-state index is 0.187. The van der Waals surface area contributed by atoms with Crippen molar-refractivity contribution in [1.29, 1.82) is 0 Å². The third-order valence-corrected chi connectivity index (χ3v) is 3.19. The average molecular weight is 272 g/mol. The van der Waals surface area contributed by atoms with E-state index in [0.29, 0.717) is 18.6 Å². The number of carbonyl (C=O) groups excluding carboxylic acids is 1. The van der Waals surface area contributed by atoms with Gasteiger partial charge < -0.3 is 10.6 Å². The Labute approximate surface area is 109 Å². The van der Waals surface area contributed by atoms with Crippen LogP contribution in [0.5, 0.6) is 0 Å². The molecule has 0 bridgehead atoms. The smallest absolute Gasteiger partial charge is 0.241 e. The summed E-state index contributed by atoms with van der Waals surface area (Å²) in [5, 5.41) is 5.23.